The van der Waals surface area contributed by atoms with Crippen molar-refractivity contribution < 1.29 is 14.4 Å². The Balaban J connectivity index is 1.86. The van der Waals surface area contributed by atoms with Gasteiger partial charge in [-0.15, -0.1) is 0 Å². The van der Waals surface area contributed by atoms with Crippen LogP contribution in [0.5, 0.6) is 0 Å². The van der Waals surface area contributed by atoms with Gasteiger partial charge in [0.25, 0.3) is 5.91 Å². The van der Waals surface area contributed by atoms with Crippen LogP contribution in [0, 0.1) is 11.3 Å². The first-order valence-corrected chi connectivity index (χ1v) is 8.71. The van der Waals surface area contributed by atoms with Gasteiger partial charge in [0.1, 0.15) is 6.04 Å². The van der Waals surface area contributed by atoms with E-state index in [1.54, 1.807) is 4.90 Å². The smallest absolute Gasteiger partial charge is 0.318 e. The minimum absolute atomic E-state index is 0.0237. The van der Waals surface area contributed by atoms with Gasteiger partial charge in [-0.3, -0.25) is 25.6 Å². The molecule has 0 aromatic rings. The number of amides is 4. The molecule has 1 unspecified atom stereocenters. The van der Waals surface area contributed by atoms with Crippen LogP contribution in [0.15, 0.2) is 4.99 Å². The van der Waals surface area contributed by atoms with E-state index in [0.717, 1.165) is 12.8 Å². The largest absolute Gasteiger partial charge is 0.370 e. The number of urea groups is 1. The van der Waals surface area contributed by atoms with Crippen molar-refractivity contribution in [3.63, 3.8) is 0 Å². The van der Waals surface area contributed by atoms with E-state index in [1.807, 2.05) is 0 Å². The molecule has 1 fully saturated rings. The average Bonchev–Trinajstić information content (AvgIpc) is 2.60. The van der Waals surface area contributed by atoms with Crippen molar-refractivity contribution in [1.82, 2.24) is 20.4 Å². The van der Waals surface area contributed by atoms with E-state index in [2.05, 4.69) is 15.6 Å². The van der Waals surface area contributed by atoms with Crippen LogP contribution in [0.1, 0.15) is 19.3 Å². The normalized spacial score (nSPS) is 21.7. The summed E-state index contributed by atoms with van der Waals surface area (Å²) in [5.41, 5.74) is 16.7. The van der Waals surface area contributed by atoms with Gasteiger partial charge in [-0.2, -0.15) is 0 Å². The third kappa shape index (κ3) is 5.29. The number of hydrogen-bond acceptors (Lipinski definition) is 6. The molecule has 0 radical (unpaired) electrons. The second-order valence-electron chi connectivity index (χ2n) is 6.77. The van der Waals surface area contributed by atoms with E-state index >= 15 is 0 Å². The molecule has 2 aliphatic rings. The number of nitrogens with one attached hydrogen (secondary N) is 3. The lowest BCUT2D eigenvalue weighted by Gasteiger charge is -2.35. The number of likely N-dealkylation sites (N-methyl/N-ethyl adjacent to an activating group) is 1. The Kier molecular flexibility index (Phi) is 6.55. The Bertz CT molecular complexity index is 642. The van der Waals surface area contributed by atoms with Crippen LogP contribution in [0.4, 0.5) is 4.79 Å². The van der Waals surface area contributed by atoms with Gasteiger partial charge in [-0.25, -0.2) is 9.79 Å². The number of nitrogens with two attached hydrogens (primary N) is 3. The van der Waals surface area contributed by atoms with Gasteiger partial charge in [0, 0.05) is 32.6 Å². The summed E-state index contributed by atoms with van der Waals surface area (Å²) < 4.78 is 0. The third-order valence-corrected chi connectivity index (χ3v) is 4.97. The molecule has 2 atom stereocenters. The highest BCUT2D eigenvalue weighted by Crippen LogP contribution is 2.21. The van der Waals surface area contributed by atoms with Crippen molar-refractivity contribution in [2.24, 2.45) is 28.1 Å². The zero-order valence-electron chi connectivity index (χ0n) is 15.3. The van der Waals surface area contributed by atoms with Crippen LogP contribution >= 0.6 is 0 Å². The Morgan fingerprint density at radius 2 is 2.04 bits per heavy atom. The van der Waals surface area contributed by atoms with Crippen molar-refractivity contribution in [2.75, 3.05) is 26.7 Å². The Morgan fingerprint density at radius 1 is 1.41 bits per heavy atom. The lowest BCUT2D eigenvalue weighted by Crippen LogP contribution is -2.58. The van der Waals surface area contributed by atoms with E-state index in [4.69, 9.17) is 22.6 Å². The molecule has 0 aromatic heterocycles. The molecule has 2 rings (SSSR count). The topological polar surface area (TPSA) is 196 Å². The maximum absolute atomic E-state index is 12.5. The van der Waals surface area contributed by atoms with E-state index in [0.29, 0.717) is 13.1 Å². The summed E-state index contributed by atoms with van der Waals surface area (Å²) in [6, 6.07) is -1.95. The molecule has 9 N–H and O–H groups in total. The van der Waals surface area contributed by atoms with Crippen LogP contribution in [-0.2, 0) is 9.59 Å². The van der Waals surface area contributed by atoms with Gasteiger partial charge in [0.2, 0.25) is 11.9 Å². The van der Waals surface area contributed by atoms with Gasteiger partial charge in [0.05, 0.1) is 6.54 Å². The molecule has 0 aliphatic carbocycles. The van der Waals surface area contributed by atoms with Crippen molar-refractivity contribution >= 4 is 29.8 Å². The van der Waals surface area contributed by atoms with Crippen LogP contribution in [0.25, 0.3) is 0 Å². The summed E-state index contributed by atoms with van der Waals surface area (Å²) in [7, 11) is 1.53. The summed E-state index contributed by atoms with van der Waals surface area (Å²) in [5, 5.41) is 12.0. The molecular weight excluding hydrogens is 354 g/mol. The zero-order chi connectivity index (χ0) is 20.1. The quantitative estimate of drug-likeness (QED) is 0.226. The molecule has 12 nitrogen and oxygen atoms in total. The molecular formula is C15H27N9O3. The monoisotopic (exact) mass is 381 g/mol. The van der Waals surface area contributed by atoms with Crippen molar-refractivity contribution in [2.45, 2.75) is 31.3 Å². The summed E-state index contributed by atoms with van der Waals surface area (Å²) in [6.45, 7) is 1.32. The first kappa shape index (κ1) is 20.4. The molecule has 12 heteroatoms. The fourth-order valence-electron chi connectivity index (χ4n) is 3.24. The first-order valence-electron chi connectivity index (χ1n) is 8.71. The van der Waals surface area contributed by atoms with E-state index < -0.39 is 18.0 Å². The van der Waals surface area contributed by atoms with E-state index in [9.17, 15) is 14.4 Å². The summed E-state index contributed by atoms with van der Waals surface area (Å²) in [5.74, 6) is -0.529. The van der Waals surface area contributed by atoms with Crippen LogP contribution in [0.3, 0.4) is 0 Å². The fraction of sp³-hybridized carbons (Fsp3) is 0.667. The maximum atomic E-state index is 12.5. The van der Waals surface area contributed by atoms with Crippen LogP contribution in [0.2, 0.25) is 0 Å². The van der Waals surface area contributed by atoms with Crippen LogP contribution < -0.4 is 27.8 Å². The summed E-state index contributed by atoms with van der Waals surface area (Å²) in [6.07, 6.45) is 1.63. The number of piperidine rings is 1. The number of likely N-dealkylation sites (tertiary alicyclic amines) is 1. The van der Waals surface area contributed by atoms with Gasteiger partial charge in [-0.05, 0) is 18.8 Å². The lowest BCUT2D eigenvalue weighted by atomic mass is 9.88. The highest BCUT2D eigenvalue weighted by atomic mass is 16.2. The third-order valence-electron chi connectivity index (χ3n) is 4.97. The number of primary amides is 1. The van der Waals surface area contributed by atoms with Crippen LogP contribution in [-0.4, -0.2) is 78.3 Å². The SMILES string of the molecule is CN(C(=O)C[C@@H](N)C1CCN(C(=N)N)CC1)C1CN=C(NC(N)=O)NC1=O. The van der Waals surface area contributed by atoms with E-state index in [1.165, 1.54) is 11.9 Å². The number of hydrogen-bond donors (Lipinski definition) is 6. The first-order chi connectivity index (χ1) is 12.7. The fourth-order valence-corrected chi connectivity index (χ4v) is 3.24. The molecule has 4 amide bonds. The second kappa shape index (κ2) is 8.66. The predicted octanol–water partition coefficient (Wildman–Crippen LogP) is -2.71. The lowest BCUT2D eigenvalue weighted by molar-refractivity contribution is -0.138. The second-order valence-corrected chi connectivity index (χ2v) is 6.77. The molecule has 0 saturated carbocycles. The van der Waals surface area contributed by atoms with Gasteiger partial charge in [0.15, 0.2) is 5.96 Å². The number of aliphatic imine (C=N–C) groups is 1. The van der Waals surface area contributed by atoms with Crippen molar-refractivity contribution in [3.8, 4) is 0 Å². The van der Waals surface area contributed by atoms with Gasteiger partial charge in [-0.1, -0.05) is 0 Å². The Morgan fingerprint density at radius 3 is 2.56 bits per heavy atom. The minimum atomic E-state index is -0.835. The van der Waals surface area contributed by atoms with Gasteiger partial charge >= 0.3 is 6.03 Å². The molecule has 150 valence electrons. The van der Waals surface area contributed by atoms with E-state index in [-0.39, 0.29) is 42.8 Å². The molecule has 2 heterocycles. The summed E-state index contributed by atoms with van der Waals surface area (Å²) >= 11 is 0. The number of guanidine groups is 2. The summed E-state index contributed by atoms with van der Waals surface area (Å²) in [4.78, 5) is 42.6. The molecule has 2 aliphatic heterocycles. The number of carbonyl (C=O) groups is 3. The Hall–Kier alpha value is -2.89. The average molecular weight is 381 g/mol. The van der Waals surface area contributed by atoms with Crippen molar-refractivity contribution in [3.05, 3.63) is 0 Å². The molecule has 27 heavy (non-hydrogen) atoms. The minimum Gasteiger partial charge on any atom is -0.370 e. The zero-order valence-corrected chi connectivity index (χ0v) is 15.3. The predicted molar refractivity (Wildman–Crippen MR) is 98.5 cm³/mol. The highest BCUT2D eigenvalue weighted by molar-refractivity contribution is 6.07. The maximum Gasteiger partial charge on any atom is 0.318 e. The number of nitrogens with zero attached hydrogens (tertiary/aromatic N) is 3. The number of rotatable bonds is 4. The highest BCUT2D eigenvalue weighted by Gasteiger charge is 2.33. The Labute approximate surface area is 157 Å². The molecule has 1 saturated heterocycles. The standard InChI is InChI=1S/C15H27N9O3/c1-23(10-7-20-15(21-12(10)26)22-14(19)27)11(25)6-9(16)8-2-4-24(5-3-8)13(17)18/h8-10H,2-7,16H2,1H3,(H3,17,18)(H4,19,20,21,22,26,27)/t9-,10?/m1/s1. The molecule has 0 aromatic carbocycles. The van der Waals surface area contributed by atoms with Crippen molar-refractivity contribution in [1.29, 1.82) is 5.41 Å². The number of carbonyl (C=O) groups excluding carboxylic acids is 3. The molecule has 0 bridgehead atoms. The van der Waals surface area contributed by atoms with Gasteiger partial charge < -0.3 is 27.0 Å². The molecule has 0 spiro atoms.